The van der Waals surface area contributed by atoms with Gasteiger partial charge in [-0.2, -0.15) is 0 Å². The van der Waals surface area contributed by atoms with Crippen LogP contribution >= 0.6 is 24.0 Å². The molecule has 1 saturated heterocycles. The Morgan fingerprint density at radius 3 is 2.53 bits per heavy atom. The molecule has 2 atom stereocenters. The maximum atomic E-state index is 10.8. The summed E-state index contributed by atoms with van der Waals surface area (Å²) in [6.07, 6.45) is 3.19. The number of carbonyl (C=O) groups excluding carboxylic acids is 1. The number of halogens is 1. The Balaban J connectivity index is 0.00000363. The SMILES string of the molecule is CCC1CN(C(=NC)NCCc2ccc(OCC(N)=O)cc2)CCC1c1ccccc1.I. The zero-order valence-corrected chi connectivity index (χ0v) is 21.3. The fourth-order valence-electron chi connectivity index (χ4n) is 4.34. The molecule has 1 aliphatic rings. The van der Waals surface area contributed by atoms with E-state index in [-0.39, 0.29) is 30.6 Å². The van der Waals surface area contributed by atoms with E-state index in [0.29, 0.717) is 17.6 Å². The van der Waals surface area contributed by atoms with Crippen LogP contribution in [0.3, 0.4) is 0 Å². The third-order valence-corrected chi connectivity index (χ3v) is 6.00. The van der Waals surface area contributed by atoms with Gasteiger partial charge in [0.15, 0.2) is 12.6 Å². The topological polar surface area (TPSA) is 79.9 Å². The van der Waals surface area contributed by atoms with Crippen LogP contribution < -0.4 is 15.8 Å². The van der Waals surface area contributed by atoms with Gasteiger partial charge in [-0.05, 0) is 47.9 Å². The highest BCUT2D eigenvalue weighted by atomic mass is 127. The molecule has 6 nitrogen and oxygen atoms in total. The Morgan fingerprint density at radius 1 is 1.19 bits per heavy atom. The third-order valence-electron chi connectivity index (χ3n) is 6.00. The molecule has 1 aliphatic heterocycles. The second-order valence-electron chi connectivity index (χ2n) is 8.04. The summed E-state index contributed by atoms with van der Waals surface area (Å²) in [7, 11) is 1.86. The molecule has 0 bridgehead atoms. The van der Waals surface area contributed by atoms with Crippen LogP contribution in [0.25, 0.3) is 0 Å². The average molecular weight is 550 g/mol. The molecule has 1 heterocycles. The molecule has 2 unspecified atom stereocenters. The molecular weight excluding hydrogens is 515 g/mol. The van der Waals surface area contributed by atoms with Gasteiger partial charge in [-0.1, -0.05) is 55.8 Å². The molecular formula is C25H35IN4O2. The summed E-state index contributed by atoms with van der Waals surface area (Å²) in [5.74, 6) is 2.40. The van der Waals surface area contributed by atoms with E-state index in [0.717, 1.165) is 44.9 Å². The number of carbonyl (C=O) groups is 1. The predicted octanol–water partition coefficient (Wildman–Crippen LogP) is 3.80. The highest BCUT2D eigenvalue weighted by molar-refractivity contribution is 14.0. The van der Waals surface area contributed by atoms with Crippen molar-refractivity contribution in [3.05, 3.63) is 65.7 Å². The van der Waals surface area contributed by atoms with E-state index in [4.69, 9.17) is 10.5 Å². The van der Waals surface area contributed by atoms with E-state index < -0.39 is 5.91 Å². The van der Waals surface area contributed by atoms with Crippen LogP contribution in [0.15, 0.2) is 59.6 Å². The molecule has 1 fully saturated rings. The van der Waals surface area contributed by atoms with Crippen LogP contribution in [0.5, 0.6) is 5.75 Å². The number of hydrogen-bond acceptors (Lipinski definition) is 3. The van der Waals surface area contributed by atoms with Crippen LogP contribution in [0, 0.1) is 5.92 Å². The summed E-state index contributed by atoms with van der Waals surface area (Å²) in [6, 6.07) is 18.7. The quantitative estimate of drug-likeness (QED) is 0.298. The number of ether oxygens (including phenoxy) is 1. The predicted molar refractivity (Wildman–Crippen MR) is 141 cm³/mol. The lowest BCUT2D eigenvalue weighted by Gasteiger charge is -2.40. The van der Waals surface area contributed by atoms with Crippen molar-refractivity contribution in [1.29, 1.82) is 0 Å². The van der Waals surface area contributed by atoms with Gasteiger partial charge >= 0.3 is 0 Å². The first kappa shape index (κ1) is 26.0. The van der Waals surface area contributed by atoms with Gasteiger partial charge < -0.3 is 20.7 Å². The van der Waals surface area contributed by atoms with Crippen LogP contribution in [0.1, 0.15) is 36.8 Å². The van der Waals surface area contributed by atoms with Gasteiger partial charge in [0.2, 0.25) is 0 Å². The number of rotatable bonds is 8. The highest BCUT2D eigenvalue weighted by Crippen LogP contribution is 2.34. The second-order valence-corrected chi connectivity index (χ2v) is 8.04. The van der Waals surface area contributed by atoms with Crippen LogP contribution in [0.4, 0.5) is 0 Å². The minimum absolute atomic E-state index is 0. The van der Waals surface area contributed by atoms with E-state index in [1.807, 2.05) is 31.3 Å². The second kappa shape index (κ2) is 13.3. The highest BCUT2D eigenvalue weighted by Gasteiger charge is 2.30. The van der Waals surface area contributed by atoms with Crippen LogP contribution in [0.2, 0.25) is 0 Å². The van der Waals surface area contributed by atoms with E-state index in [9.17, 15) is 4.79 Å². The molecule has 2 aromatic rings. The van der Waals surface area contributed by atoms with Gasteiger partial charge in [-0.3, -0.25) is 9.79 Å². The summed E-state index contributed by atoms with van der Waals surface area (Å²) in [6.45, 7) is 5.04. The summed E-state index contributed by atoms with van der Waals surface area (Å²) in [5, 5.41) is 3.53. The number of primary amides is 1. The molecule has 2 aromatic carbocycles. The van der Waals surface area contributed by atoms with Crippen molar-refractivity contribution in [3.8, 4) is 5.75 Å². The fourth-order valence-corrected chi connectivity index (χ4v) is 4.34. The Bertz CT molecular complexity index is 858. The standard InChI is InChI=1S/C25H34N4O2.HI/c1-3-20-17-29(16-14-23(20)21-7-5-4-6-8-21)25(27-2)28-15-13-19-9-11-22(12-10-19)31-18-24(26)30;/h4-12,20,23H,3,13-18H2,1-2H3,(H2,26,30)(H,27,28);1H. The Labute approximate surface area is 208 Å². The first-order valence-corrected chi connectivity index (χ1v) is 11.1. The molecule has 32 heavy (non-hydrogen) atoms. The number of amides is 1. The molecule has 0 aromatic heterocycles. The smallest absolute Gasteiger partial charge is 0.255 e. The number of nitrogens with zero attached hydrogens (tertiary/aromatic N) is 2. The lowest BCUT2D eigenvalue weighted by atomic mass is 9.79. The van der Waals surface area contributed by atoms with E-state index in [1.54, 1.807) is 0 Å². The van der Waals surface area contributed by atoms with Crippen molar-refractivity contribution in [2.75, 3.05) is 33.3 Å². The van der Waals surface area contributed by atoms with Crippen molar-refractivity contribution >= 4 is 35.8 Å². The van der Waals surface area contributed by atoms with Crippen LogP contribution in [-0.2, 0) is 11.2 Å². The molecule has 3 rings (SSSR count). The number of aliphatic imine (C=N–C) groups is 1. The van der Waals surface area contributed by atoms with Crippen molar-refractivity contribution in [2.45, 2.75) is 32.1 Å². The van der Waals surface area contributed by atoms with Crippen molar-refractivity contribution in [3.63, 3.8) is 0 Å². The molecule has 3 N–H and O–H groups in total. The third kappa shape index (κ3) is 7.39. The minimum atomic E-state index is -0.474. The molecule has 0 radical (unpaired) electrons. The molecule has 7 heteroatoms. The largest absolute Gasteiger partial charge is 0.484 e. The van der Waals surface area contributed by atoms with Crippen LogP contribution in [-0.4, -0.2) is 50.1 Å². The van der Waals surface area contributed by atoms with E-state index in [1.165, 1.54) is 11.1 Å². The van der Waals surface area contributed by atoms with E-state index >= 15 is 0 Å². The summed E-state index contributed by atoms with van der Waals surface area (Å²) in [4.78, 5) is 17.7. The molecule has 0 aliphatic carbocycles. The number of guanidine groups is 1. The van der Waals surface area contributed by atoms with Gasteiger partial charge in [-0.25, -0.2) is 0 Å². The number of nitrogens with two attached hydrogens (primary N) is 1. The van der Waals surface area contributed by atoms with Crippen molar-refractivity contribution < 1.29 is 9.53 Å². The lowest BCUT2D eigenvalue weighted by molar-refractivity contribution is -0.119. The van der Waals surface area contributed by atoms with Gasteiger partial charge in [0, 0.05) is 26.7 Å². The Morgan fingerprint density at radius 2 is 1.91 bits per heavy atom. The maximum Gasteiger partial charge on any atom is 0.255 e. The number of likely N-dealkylation sites (tertiary alicyclic amines) is 1. The lowest BCUT2D eigenvalue weighted by Crippen LogP contribution is -2.48. The summed E-state index contributed by atoms with van der Waals surface area (Å²) in [5.41, 5.74) is 7.76. The number of piperidine rings is 1. The Hall–Kier alpha value is -2.29. The van der Waals surface area contributed by atoms with E-state index in [2.05, 4.69) is 52.5 Å². The molecule has 1 amide bonds. The molecule has 174 valence electrons. The number of hydrogen-bond donors (Lipinski definition) is 2. The molecule has 0 saturated carbocycles. The van der Waals surface area contributed by atoms with Gasteiger partial charge in [-0.15, -0.1) is 24.0 Å². The van der Waals surface area contributed by atoms with Gasteiger partial charge in [0.25, 0.3) is 5.91 Å². The average Bonchev–Trinajstić information content (AvgIpc) is 2.81. The van der Waals surface area contributed by atoms with Gasteiger partial charge in [0.05, 0.1) is 0 Å². The number of benzene rings is 2. The first-order valence-electron chi connectivity index (χ1n) is 11.1. The monoisotopic (exact) mass is 550 g/mol. The summed E-state index contributed by atoms with van der Waals surface area (Å²) >= 11 is 0. The summed E-state index contributed by atoms with van der Waals surface area (Å²) < 4.78 is 5.31. The molecule has 0 spiro atoms. The zero-order chi connectivity index (χ0) is 22.1. The minimum Gasteiger partial charge on any atom is -0.484 e. The Kier molecular flexibility index (Phi) is 10.8. The zero-order valence-electron chi connectivity index (χ0n) is 19.0. The fraction of sp³-hybridized carbons (Fsp3) is 0.440. The first-order chi connectivity index (χ1) is 15.1. The van der Waals surface area contributed by atoms with Gasteiger partial charge in [0.1, 0.15) is 5.75 Å². The van der Waals surface area contributed by atoms with Crippen molar-refractivity contribution in [1.82, 2.24) is 10.2 Å². The normalized spacial score (nSPS) is 18.6. The maximum absolute atomic E-state index is 10.8. The van der Waals surface area contributed by atoms with Crippen molar-refractivity contribution in [2.24, 2.45) is 16.6 Å². The number of nitrogens with one attached hydrogen (secondary N) is 1.